The first-order chi connectivity index (χ1) is 11.7. The average Bonchev–Trinajstić information content (AvgIpc) is 2.62. The normalized spacial score (nSPS) is 16.9. The molecule has 1 heterocycles. The van der Waals surface area contributed by atoms with E-state index in [2.05, 4.69) is 26.5 Å². The zero-order valence-electron chi connectivity index (χ0n) is 12.7. The third kappa shape index (κ3) is 4.23. The largest absolute Gasteiger partial charge is 0.485 e. The molecule has 2 aromatic carbocycles. The molecule has 0 saturated heterocycles. The predicted molar refractivity (Wildman–Crippen MR) is 96.3 cm³/mol. The fourth-order valence-corrected chi connectivity index (χ4v) is 2.49. The minimum absolute atomic E-state index is 0.152. The van der Waals surface area contributed by atoms with Gasteiger partial charge in [0.15, 0.2) is 11.5 Å². The summed E-state index contributed by atoms with van der Waals surface area (Å²) in [5.41, 5.74) is 3.48. The third-order valence-corrected chi connectivity index (χ3v) is 3.70. The van der Waals surface area contributed by atoms with Crippen LogP contribution in [0.15, 0.2) is 64.2 Å². The third-order valence-electron chi connectivity index (χ3n) is 3.27. The van der Waals surface area contributed by atoms with Gasteiger partial charge in [-0.15, -0.1) is 0 Å². The maximum Gasteiger partial charge on any atom is 0.284 e. The van der Waals surface area contributed by atoms with Crippen LogP contribution in [0.25, 0.3) is 6.08 Å². The monoisotopic (exact) mass is 386 g/mol. The minimum atomic E-state index is -0.728. The summed E-state index contributed by atoms with van der Waals surface area (Å²) in [6, 6.07) is 17.0. The Morgan fingerprint density at radius 2 is 1.83 bits per heavy atom. The number of nitrogens with zero attached hydrogens (tertiary/aromatic N) is 1. The number of ether oxygens (including phenoxy) is 2. The van der Waals surface area contributed by atoms with Crippen LogP contribution in [0.1, 0.15) is 5.56 Å². The molecule has 0 aromatic heterocycles. The molecule has 0 fully saturated rings. The molecule has 0 unspecified atom stereocenters. The van der Waals surface area contributed by atoms with Gasteiger partial charge in [0, 0.05) is 4.48 Å². The van der Waals surface area contributed by atoms with Crippen LogP contribution >= 0.6 is 15.9 Å². The van der Waals surface area contributed by atoms with E-state index < -0.39 is 6.10 Å². The Hall–Kier alpha value is -2.60. The van der Waals surface area contributed by atoms with Gasteiger partial charge < -0.3 is 9.47 Å². The topological polar surface area (TPSA) is 59.9 Å². The van der Waals surface area contributed by atoms with Crippen molar-refractivity contribution in [3.63, 3.8) is 0 Å². The van der Waals surface area contributed by atoms with Gasteiger partial charge in [-0.25, -0.2) is 5.43 Å². The quantitative estimate of drug-likeness (QED) is 0.647. The molecular formula is C18H15BrN2O3. The number of hydrogen-bond acceptors (Lipinski definition) is 4. The fraction of sp³-hybridized carbons (Fsp3) is 0.111. The highest BCUT2D eigenvalue weighted by Gasteiger charge is 2.26. The minimum Gasteiger partial charge on any atom is -0.485 e. The number of nitrogens with one attached hydrogen (secondary N) is 1. The Kier molecular flexibility index (Phi) is 5.28. The van der Waals surface area contributed by atoms with Gasteiger partial charge in [0.2, 0.25) is 6.10 Å². The summed E-state index contributed by atoms with van der Waals surface area (Å²) in [4.78, 5) is 12.1. The lowest BCUT2D eigenvalue weighted by molar-refractivity contribution is -0.130. The van der Waals surface area contributed by atoms with Crippen LogP contribution in [0.5, 0.6) is 11.5 Å². The van der Waals surface area contributed by atoms with Crippen LogP contribution < -0.4 is 14.9 Å². The van der Waals surface area contributed by atoms with Crippen LogP contribution in [0.2, 0.25) is 0 Å². The number of fused-ring (bicyclic) bond motifs is 1. The highest BCUT2D eigenvalue weighted by molar-refractivity contribution is 9.12. The maximum absolute atomic E-state index is 12.1. The van der Waals surface area contributed by atoms with Gasteiger partial charge in [-0.3, -0.25) is 4.79 Å². The van der Waals surface area contributed by atoms with Crippen molar-refractivity contribution in [1.29, 1.82) is 0 Å². The molecule has 0 saturated carbocycles. The molecular weight excluding hydrogens is 372 g/mol. The molecule has 3 rings (SSSR count). The Bertz CT molecular complexity index is 775. The molecule has 1 amide bonds. The Morgan fingerprint density at radius 3 is 2.62 bits per heavy atom. The van der Waals surface area contributed by atoms with Gasteiger partial charge in [-0.2, -0.15) is 5.10 Å². The van der Waals surface area contributed by atoms with Crippen molar-refractivity contribution in [2.24, 2.45) is 5.10 Å². The number of benzene rings is 2. The zero-order valence-corrected chi connectivity index (χ0v) is 14.3. The van der Waals surface area contributed by atoms with Crippen LogP contribution in [0, 0.1) is 0 Å². The summed E-state index contributed by atoms with van der Waals surface area (Å²) in [5, 5.41) is 3.92. The van der Waals surface area contributed by atoms with Gasteiger partial charge in [0.1, 0.15) is 6.61 Å². The van der Waals surface area contributed by atoms with E-state index in [9.17, 15) is 4.79 Å². The van der Waals surface area contributed by atoms with E-state index in [0.29, 0.717) is 11.5 Å². The zero-order chi connectivity index (χ0) is 16.8. The van der Waals surface area contributed by atoms with E-state index in [-0.39, 0.29) is 12.5 Å². The van der Waals surface area contributed by atoms with Crippen molar-refractivity contribution >= 4 is 34.1 Å². The van der Waals surface area contributed by atoms with Gasteiger partial charge in [-0.1, -0.05) is 42.5 Å². The Morgan fingerprint density at radius 1 is 1.12 bits per heavy atom. The fourth-order valence-electron chi connectivity index (χ4n) is 2.12. The first kappa shape index (κ1) is 16.3. The van der Waals surface area contributed by atoms with Crippen molar-refractivity contribution in [1.82, 2.24) is 5.43 Å². The van der Waals surface area contributed by atoms with Crippen LogP contribution in [-0.4, -0.2) is 24.8 Å². The number of amides is 1. The first-order valence-corrected chi connectivity index (χ1v) is 8.15. The van der Waals surface area contributed by atoms with E-state index in [0.717, 1.165) is 10.0 Å². The molecule has 1 N–H and O–H groups in total. The number of halogens is 1. The Balaban J connectivity index is 1.55. The predicted octanol–water partition coefficient (Wildman–Crippen LogP) is 3.36. The summed E-state index contributed by atoms with van der Waals surface area (Å²) in [6.45, 7) is 0.152. The van der Waals surface area contributed by atoms with Gasteiger partial charge in [0.05, 0.1) is 6.21 Å². The number of carbonyl (C=O) groups excluding carboxylic acids is 1. The molecule has 2 aromatic rings. The molecule has 0 aliphatic carbocycles. The second-order valence-corrected chi connectivity index (χ2v) is 5.95. The van der Waals surface area contributed by atoms with Crippen molar-refractivity contribution in [3.8, 4) is 11.5 Å². The molecule has 1 atom stereocenters. The summed E-state index contributed by atoms with van der Waals surface area (Å²) in [7, 11) is 0. The lowest BCUT2D eigenvalue weighted by atomic mass is 10.2. The van der Waals surface area contributed by atoms with Crippen molar-refractivity contribution < 1.29 is 14.3 Å². The van der Waals surface area contributed by atoms with E-state index in [1.54, 1.807) is 12.1 Å². The van der Waals surface area contributed by atoms with Crippen LogP contribution in [-0.2, 0) is 4.79 Å². The van der Waals surface area contributed by atoms with Crippen LogP contribution in [0.4, 0.5) is 0 Å². The van der Waals surface area contributed by atoms with Gasteiger partial charge in [-0.05, 0) is 39.7 Å². The van der Waals surface area contributed by atoms with Crippen molar-refractivity contribution in [3.05, 3.63) is 64.6 Å². The number of hydrazone groups is 1. The summed E-state index contributed by atoms with van der Waals surface area (Å²) >= 11 is 3.39. The summed E-state index contributed by atoms with van der Waals surface area (Å²) < 4.78 is 11.9. The lowest BCUT2D eigenvalue weighted by Crippen LogP contribution is -2.42. The Labute approximate surface area is 148 Å². The molecule has 5 nitrogen and oxygen atoms in total. The molecule has 1 aliphatic heterocycles. The average molecular weight is 387 g/mol. The van der Waals surface area contributed by atoms with Crippen molar-refractivity contribution in [2.75, 3.05) is 6.61 Å². The lowest BCUT2D eigenvalue weighted by Gasteiger charge is -2.24. The smallest absolute Gasteiger partial charge is 0.284 e. The van der Waals surface area contributed by atoms with Gasteiger partial charge in [0.25, 0.3) is 5.91 Å². The molecule has 0 bridgehead atoms. The molecule has 1 aliphatic rings. The number of rotatable bonds is 4. The highest BCUT2D eigenvalue weighted by atomic mass is 79.9. The highest BCUT2D eigenvalue weighted by Crippen LogP contribution is 2.30. The van der Waals surface area contributed by atoms with Crippen molar-refractivity contribution in [2.45, 2.75) is 6.10 Å². The second kappa shape index (κ2) is 7.79. The first-order valence-electron chi connectivity index (χ1n) is 7.36. The molecule has 0 spiro atoms. The number of hydrogen-bond donors (Lipinski definition) is 1. The standard InChI is InChI=1S/C18H15BrN2O3/c19-14(10-13-6-2-1-3-7-13)11-20-21-18(22)17-12-23-15-8-4-5-9-16(15)24-17/h1-11,17H,12H2,(H,21,22)/b14-10-,20-11-/t17-/m1/s1. The van der Waals surface area contributed by atoms with E-state index in [1.807, 2.05) is 48.5 Å². The number of allylic oxidation sites excluding steroid dienone is 1. The van der Waals surface area contributed by atoms with Crippen LogP contribution in [0.3, 0.4) is 0 Å². The number of para-hydroxylation sites is 2. The summed E-state index contributed by atoms with van der Waals surface area (Å²) in [5.74, 6) is 0.831. The SMILES string of the molecule is O=C(N/N=C\C(Br)=C\c1ccccc1)[C@H]1COc2ccccc2O1. The molecule has 0 radical (unpaired) electrons. The number of carbonyl (C=O) groups is 1. The molecule has 24 heavy (non-hydrogen) atoms. The van der Waals surface area contributed by atoms with E-state index >= 15 is 0 Å². The van der Waals surface area contributed by atoms with Gasteiger partial charge >= 0.3 is 0 Å². The van der Waals surface area contributed by atoms with E-state index in [4.69, 9.17) is 9.47 Å². The second-order valence-electron chi connectivity index (χ2n) is 5.04. The maximum atomic E-state index is 12.1. The molecule has 122 valence electrons. The summed E-state index contributed by atoms with van der Waals surface area (Å²) in [6.07, 6.45) is 2.68. The van der Waals surface area contributed by atoms with E-state index in [1.165, 1.54) is 6.21 Å². The molecule has 6 heteroatoms.